The number of aromatic nitrogens is 2. The molecule has 4 rings (SSSR count). The number of hydrogen-bond donors (Lipinski definition) is 2. The Bertz CT molecular complexity index is 1480. The van der Waals surface area contributed by atoms with Crippen molar-refractivity contribution in [3.8, 4) is 28.3 Å². The Balaban J connectivity index is 1.62. The van der Waals surface area contributed by atoms with E-state index in [0.29, 0.717) is 29.5 Å². The molecular formula is C32H37N5O4. The van der Waals surface area contributed by atoms with Gasteiger partial charge in [-0.05, 0) is 50.1 Å². The van der Waals surface area contributed by atoms with Crippen LogP contribution in [0.5, 0.6) is 11.5 Å². The van der Waals surface area contributed by atoms with Crippen molar-refractivity contribution in [1.82, 2.24) is 14.7 Å². The summed E-state index contributed by atoms with van der Waals surface area (Å²) in [6.45, 7) is 6.25. The number of hydrogen-bond acceptors (Lipinski definition) is 5. The number of carbonyl (C=O) groups excluding carboxylic acids is 2. The van der Waals surface area contributed by atoms with E-state index in [1.165, 1.54) is 12.0 Å². The van der Waals surface area contributed by atoms with Gasteiger partial charge in [0.05, 0.1) is 31.3 Å². The molecule has 0 aliphatic heterocycles. The van der Waals surface area contributed by atoms with Crippen LogP contribution in [0.4, 0.5) is 16.3 Å². The van der Waals surface area contributed by atoms with Crippen LogP contribution >= 0.6 is 0 Å². The maximum atomic E-state index is 13.6. The minimum atomic E-state index is -0.399. The maximum Gasteiger partial charge on any atom is 0.322 e. The Morgan fingerprint density at radius 1 is 0.927 bits per heavy atom. The van der Waals surface area contributed by atoms with E-state index in [-0.39, 0.29) is 12.5 Å². The third-order valence-electron chi connectivity index (χ3n) is 6.71. The fourth-order valence-electron chi connectivity index (χ4n) is 4.51. The van der Waals surface area contributed by atoms with Gasteiger partial charge in [-0.3, -0.25) is 4.79 Å². The minimum absolute atomic E-state index is 0.142. The van der Waals surface area contributed by atoms with Gasteiger partial charge in [0.15, 0.2) is 0 Å². The summed E-state index contributed by atoms with van der Waals surface area (Å²) in [4.78, 5) is 28.4. The van der Waals surface area contributed by atoms with Gasteiger partial charge in [0.2, 0.25) is 5.91 Å². The Kier molecular flexibility index (Phi) is 9.63. The van der Waals surface area contributed by atoms with Crippen molar-refractivity contribution < 1.29 is 19.1 Å². The molecule has 0 spiro atoms. The number of benzene rings is 3. The Morgan fingerprint density at radius 3 is 2.32 bits per heavy atom. The zero-order chi connectivity index (χ0) is 29.4. The minimum Gasteiger partial charge on any atom is -0.497 e. The summed E-state index contributed by atoms with van der Waals surface area (Å²) < 4.78 is 12.4. The van der Waals surface area contributed by atoms with Crippen molar-refractivity contribution in [3.05, 3.63) is 84.1 Å². The van der Waals surface area contributed by atoms with Crippen molar-refractivity contribution in [3.63, 3.8) is 0 Å². The fourth-order valence-corrected chi connectivity index (χ4v) is 4.51. The van der Waals surface area contributed by atoms with Gasteiger partial charge < -0.3 is 25.0 Å². The highest BCUT2D eigenvalue weighted by molar-refractivity contribution is 5.99. The lowest BCUT2D eigenvalue weighted by Crippen LogP contribution is -2.41. The summed E-state index contributed by atoms with van der Waals surface area (Å²) >= 11 is 0. The second kappa shape index (κ2) is 13.5. The molecule has 3 amide bonds. The number of rotatable bonds is 11. The van der Waals surface area contributed by atoms with E-state index in [0.717, 1.165) is 40.9 Å². The van der Waals surface area contributed by atoms with Crippen LogP contribution in [0.3, 0.4) is 0 Å². The van der Waals surface area contributed by atoms with E-state index in [2.05, 4.69) is 10.6 Å². The first-order chi connectivity index (χ1) is 19.8. The van der Waals surface area contributed by atoms with E-state index in [4.69, 9.17) is 14.6 Å². The van der Waals surface area contributed by atoms with E-state index in [1.807, 2.05) is 75.4 Å². The summed E-state index contributed by atoms with van der Waals surface area (Å²) in [6.07, 6.45) is 1.62. The van der Waals surface area contributed by atoms with Crippen molar-refractivity contribution in [2.75, 3.05) is 37.9 Å². The van der Waals surface area contributed by atoms with Gasteiger partial charge in [0, 0.05) is 18.2 Å². The normalized spacial score (nSPS) is 10.7. The molecule has 9 nitrogen and oxygen atoms in total. The molecule has 4 aromatic rings. The lowest BCUT2D eigenvalue weighted by molar-refractivity contribution is -0.116. The van der Waals surface area contributed by atoms with E-state index < -0.39 is 6.03 Å². The Labute approximate surface area is 241 Å². The highest BCUT2D eigenvalue weighted by Crippen LogP contribution is 2.34. The third kappa shape index (κ3) is 7.05. The smallest absolute Gasteiger partial charge is 0.322 e. The predicted octanol–water partition coefficient (Wildman–Crippen LogP) is 6.45. The lowest BCUT2D eigenvalue weighted by Gasteiger charge is -2.23. The maximum absolute atomic E-state index is 13.6. The number of aryl methyl sites for hydroxylation is 2. The largest absolute Gasteiger partial charge is 0.497 e. The van der Waals surface area contributed by atoms with Gasteiger partial charge >= 0.3 is 6.03 Å². The van der Waals surface area contributed by atoms with E-state index in [1.54, 1.807) is 30.0 Å². The molecule has 1 heterocycles. The van der Waals surface area contributed by atoms with Crippen molar-refractivity contribution in [2.24, 2.45) is 0 Å². The van der Waals surface area contributed by atoms with Crippen LogP contribution in [-0.4, -0.2) is 53.9 Å². The molecule has 9 heteroatoms. The molecule has 214 valence electrons. The number of methoxy groups -OCH3 is 2. The van der Waals surface area contributed by atoms with Crippen LogP contribution < -0.4 is 20.1 Å². The summed E-state index contributed by atoms with van der Waals surface area (Å²) in [5.41, 5.74) is 4.97. The third-order valence-corrected chi connectivity index (χ3v) is 6.71. The summed E-state index contributed by atoms with van der Waals surface area (Å²) in [6, 6.07) is 22.5. The van der Waals surface area contributed by atoms with Gasteiger partial charge in [-0.15, -0.1) is 0 Å². The predicted molar refractivity (Wildman–Crippen MR) is 162 cm³/mol. The number of ether oxygens (including phenoxy) is 2. The van der Waals surface area contributed by atoms with Crippen molar-refractivity contribution in [1.29, 1.82) is 0 Å². The molecule has 0 unspecified atom stereocenters. The van der Waals surface area contributed by atoms with Crippen LogP contribution in [0.1, 0.15) is 31.0 Å². The van der Waals surface area contributed by atoms with Gasteiger partial charge in [-0.2, -0.15) is 5.10 Å². The molecule has 0 saturated heterocycles. The number of carbonyl (C=O) groups is 2. The summed E-state index contributed by atoms with van der Waals surface area (Å²) in [5.74, 6) is 1.29. The zero-order valence-corrected chi connectivity index (χ0v) is 24.2. The molecule has 1 aromatic heterocycles. The van der Waals surface area contributed by atoms with Gasteiger partial charge in [-0.25, -0.2) is 9.48 Å². The van der Waals surface area contributed by atoms with Gasteiger partial charge in [-0.1, -0.05) is 61.4 Å². The number of amides is 3. The second-order valence-corrected chi connectivity index (χ2v) is 9.74. The lowest BCUT2D eigenvalue weighted by atomic mass is 10.1. The highest BCUT2D eigenvalue weighted by atomic mass is 16.5. The monoisotopic (exact) mass is 555 g/mol. The highest BCUT2D eigenvalue weighted by Gasteiger charge is 2.23. The van der Waals surface area contributed by atoms with Crippen LogP contribution in [0.2, 0.25) is 0 Å². The number of anilines is 2. The zero-order valence-electron chi connectivity index (χ0n) is 24.2. The van der Waals surface area contributed by atoms with Gasteiger partial charge in [0.25, 0.3) is 0 Å². The first-order valence-electron chi connectivity index (χ1n) is 13.6. The summed E-state index contributed by atoms with van der Waals surface area (Å²) in [7, 11) is 3.09. The molecule has 0 radical (unpaired) electrons. The second-order valence-electron chi connectivity index (χ2n) is 9.74. The molecule has 0 bridgehead atoms. The average molecular weight is 556 g/mol. The molecule has 0 aliphatic carbocycles. The molecule has 2 N–H and O–H groups in total. The number of urea groups is 1. The Morgan fingerprint density at radius 2 is 1.66 bits per heavy atom. The first kappa shape index (κ1) is 29.2. The molecule has 0 fully saturated rings. The summed E-state index contributed by atoms with van der Waals surface area (Å²) in [5, 5.41) is 10.7. The van der Waals surface area contributed by atoms with Crippen LogP contribution in [0, 0.1) is 13.8 Å². The number of nitrogens with one attached hydrogen (secondary N) is 2. The number of nitrogens with zero attached hydrogens (tertiary/aromatic N) is 3. The van der Waals surface area contributed by atoms with Crippen LogP contribution in [0.25, 0.3) is 16.8 Å². The SMILES string of the molecule is CCCCN(CC(=O)Nc1c(-c2ccccc2)c(C)nn1-c1ccc(C)cc1)C(=O)Nc1ccc(OC)cc1OC. The average Bonchev–Trinajstić information content (AvgIpc) is 3.31. The Hall–Kier alpha value is -4.79. The molecule has 0 aliphatic rings. The van der Waals surface area contributed by atoms with E-state index in [9.17, 15) is 9.59 Å². The van der Waals surface area contributed by atoms with E-state index >= 15 is 0 Å². The molecular weight excluding hydrogens is 518 g/mol. The quantitative estimate of drug-likeness (QED) is 0.222. The molecule has 0 saturated carbocycles. The van der Waals surface area contributed by atoms with Crippen molar-refractivity contribution in [2.45, 2.75) is 33.6 Å². The molecule has 3 aromatic carbocycles. The molecule has 41 heavy (non-hydrogen) atoms. The standard InChI is InChI=1S/C32H37N5O4/c1-6-7-19-36(32(39)33-27-18-17-26(40-4)20-28(27)41-5)21-29(38)34-31-30(24-11-9-8-10-12-24)23(3)35-37(31)25-15-13-22(2)14-16-25/h8-18,20H,6-7,19,21H2,1-5H3,(H,33,39)(H,34,38). The van der Waals surface area contributed by atoms with Crippen LogP contribution in [0.15, 0.2) is 72.8 Å². The fraction of sp³-hybridized carbons (Fsp3) is 0.281. The number of unbranched alkanes of at least 4 members (excludes halogenated alkanes) is 1. The molecule has 0 atom stereocenters. The first-order valence-corrected chi connectivity index (χ1v) is 13.6. The van der Waals surface area contributed by atoms with Crippen LogP contribution in [-0.2, 0) is 4.79 Å². The van der Waals surface area contributed by atoms with Gasteiger partial charge in [0.1, 0.15) is 23.9 Å². The topological polar surface area (TPSA) is 97.7 Å². The van der Waals surface area contributed by atoms with Crippen molar-refractivity contribution >= 4 is 23.4 Å².